The Bertz CT molecular complexity index is 556. The van der Waals surface area contributed by atoms with Crippen LogP contribution in [0.1, 0.15) is 50.9 Å². The van der Waals surface area contributed by atoms with Gasteiger partial charge < -0.3 is 4.57 Å². The molecule has 0 unspecified atom stereocenters. The molecule has 3 nitrogen and oxygen atoms in total. The van der Waals surface area contributed by atoms with E-state index in [1.165, 1.54) is 32.1 Å². The average molecular weight is 278 g/mol. The second-order valence-electron chi connectivity index (χ2n) is 5.46. The maximum atomic E-state index is 6.07. The summed E-state index contributed by atoms with van der Waals surface area (Å²) in [6.07, 6.45) is 8.23. The zero-order valence-corrected chi connectivity index (χ0v) is 12.1. The van der Waals surface area contributed by atoms with Gasteiger partial charge in [-0.1, -0.05) is 13.3 Å². The van der Waals surface area contributed by atoms with E-state index < -0.39 is 0 Å². The number of hydrogen-bond acceptors (Lipinski definition) is 2. The van der Waals surface area contributed by atoms with E-state index in [0.717, 1.165) is 22.9 Å². The highest BCUT2D eigenvalue weighted by Gasteiger charge is 2.25. The number of hydrogen-bond donors (Lipinski definition) is 0. The highest BCUT2D eigenvalue weighted by atomic mass is 35.5. The molecule has 2 aromatic rings. The lowest BCUT2D eigenvalue weighted by atomic mass is 9.84. The fraction of sp³-hybridized carbons (Fsp3) is 0.600. The Labute approximate surface area is 119 Å². The van der Waals surface area contributed by atoms with Gasteiger partial charge in [0.1, 0.15) is 11.3 Å². The van der Waals surface area contributed by atoms with Crippen LogP contribution in [0.15, 0.2) is 18.3 Å². The first kappa shape index (κ1) is 12.9. The maximum absolute atomic E-state index is 6.07. The highest BCUT2D eigenvalue weighted by molar-refractivity contribution is 6.16. The second-order valence-corrected chi connectivity index (χ2v) is 5.73. The van der Waals surface area contributed by atoms with Crippen LogP contribution in [0, 0.1) is 5.92 Å². The normalized spacial score (nSPS) is 23.9. The van der Waals surface area contributed by atoms with Gasteiger partial charge in [-0.15, -0.1) is 11.6 Å². The summed E-state index contributed by atoms with van der Waals surface area (Å²) < 4.78 is 2.29. The van der Waals surface area contributed by atoms with Crippen LogP contribution >= 0.6 is 11.6 Å². The van der Waals surface area contributed by atoms with E-state index >= 15 is 0 Å². The molecule has 0 bridgehead atoms. The summed E-state index contributed by atoms with van der Waals surface area (Å²) in [6, 6.07) is 4.48. The maximum Gasteiger partial charge on any atom is 0.160 e. The van der Waals surface area contributed by atoms with Crippen molar-refractivity contribution in [2.75, 3.05) is 0 Å². The van der Waals surface area contributed by atoms with Crippen LogP contribution in [0.3, 0.4) is 0 Å². The number of fused-ring (bicyclic) bond motifs is 1. The van der Waals surface area contributed by atoms with Gasteiger partial charge >= 0.3 is 0 Å². The van der Waals surface area contributed by atoms with E-state index in [1.807, 2.05) is 18.3 Å². The third-order valence-corrected chi connectivity index (χ3v) is 4.64. The van der Waals surface area contributed by atoms with Gasteiger partial charge in [0.25, 0.3) is 0 Å². The van der Waals surface area contributed by atoms with Crippen molar-refractivity contribution in [2.45, 2.75) is 50.9 Å². The first-order chi connectivity index (χ1) is 9.33. The Morgan fingerprint density at radius 3 is 2.79 bits per heavy atom. The lowest BCUT2D eigenvalue weighted by Crippen LogP contribution is -2.19. The van der Waals surface area contributed by atoms with Crippen molar-refractivity contribution < 1.29 is 0 Å². The first-order valence-electron chi connectivity index (χ1n) is 7.21. The fourth-order valence-corrected chi connectivity index (χ4v) is 3.45. The summed E-state index contributed by atoms with van der Waals surface area (Å²) in [5.41, 5.74) is 1.97. The number of imidazole rings is 1. The Morgan fingerprint density at radius 2 is 2.11 bits per heavy atom. The Hall–Kier alpha value is -1.09. The molecule has 0 radical (unpaired) electrons. The van der Waals surface area contributed by atoms with Crippen LogP contribution in [0.2, 0.25) is 0 Å². The topological polar surface area (TPSA) is 30.7 Å². The molecule has 102 valence electrons. The molecule has 0 N–H and O–H groups in total. The molecule has 2 heterocycles. The molecule has 0 amide bonds. The summed E-state index contributed by atoms with van der Waals surface area (Å²) in [7, 11) is 0. The zero-order chi connectivity index (χ0) is 13.2. The molecule has 2 aromatic heterocycles. The molecular weight excluding hydrogens is 258 g/mol. The average Bonchev–Trinajstić information content (AvgIpc) is 2.86. The molecule has 0 saturated heterocycles. The van der Waals surface area contributed by atoms with Crippen molar-refractivity contribution in [2.24, 2.45) is 5.92 Å². The summed E-state index contributed by atoms with van der Waals surface area (Å²) >= 11 is 6.07. The van der Waals surface area contributed by atoms with Gasteiger partial charge in [0.15, 0.2) is 5.65 Å². The van der Waals surface area contributed by atoms with Gasteiger partial charge in [0.05, 0.1) is 5.88 Å². The largest absolute Gasteiger partial charge is 0.309 e. The predicted molar refractivity (Wildman–Crippen MR) is 78.4 cm³/mol. The van der Waals surface area contributed by atoms with E-state index in [4.69, 9.17) is 11.6 Å². The number of pyridine rings is 1. The summed E-state index contributed by atoms with van der Waals surface area (Å²) in [5.74, 6) is 2.33. The minimum atomic E-state index is 0.462. The van der Waals surface area contributed by atoms with Crippen molar-refractivity contribution in [1.82, 2.24) is 14.5 Å². The van der Waals surface area contributed by atoms with Gasteiger partial charge in [-0.2, -0.15) is 0 Å². The van der Waals surface area contributed by atoms with Crippen molar-refractivity contribution in [3.63, 3.8) is 0 Å². The third-order valence-electron chi connectivity index (χ3n) is 4.40. The molecule has 1 aliphatic rings. The number of nitrogens with zero attached hydrogens (tertiary/aromatic N) is 3. The van der Waals surface area contributed by atoms with Crippen LogP contribution in [0.5, 0.6) is 0 Å². The van der Waals surface area contributed by atoms with Gasteiger partial charge in [-0.05, 0) is 43.7 Å². The number of aromatic nitrogens is 3. The van der Waals surface area contributed by atoms with Crippen LogP contribution in [0.4, 0.5) is 0 Å². The Kier molecular flexibility index (Phi) is 3.74. The van der Waals surface area contributed by atoms with E-state index in [9.17, 15) is 0 Å². The minimum absolute atomic E-state index is 0.462. The van der Waals surface area contributed by atoms with Crippen molar-refractivity contribution in [3.05, 3.63) is 24.2 Å². The summed E-state index contributed by atoms with van der Waals surface area (Å²) in [4.78, 5) is 9.12. The molecule has 1 saturated carbocycles. The minimum Gasteiger partial charge on any atom is -0.309 e. The van der Waals surface area contributed by atoms with Gasteiger partial charge in [-0.25, -0.2) is 9.97 Å². The fourth-order valence-electron chi connectivity index (χ4n) is 3.27. The van der Waals surface area contributed by atoms with Gasteiger partial charge in [-0.3, -0.25) is 0 Å². The SMILES string of the molecule is CCC1CCC(n2c(CCl)nc3cccnc32)CC1. The molecular formula is C15H20ClN3. The van der Waals surface area contributed by atoms with Gasteiger partial charge in [0, 0.05) is 12.2 Å². The lowest BCUT2D eigenvalue weighted by molar-refractivity contribution is 0.270. The smallest absolute Gasteiger partial charge is 0.160 e. The molecule has 0 spiro atoms. The van der Waals surface area contributed by atoms with Gasteiger partial charge in [0.2, 0.25) is 0 Å². The molecule has 19 heavy (non-hydrogen) atoms. The quantitative estimate of drug-likeness (QED) is 0.783. The van der Waals surface area contributed by atoms with Crippen LogP contribution in [0.25, 0.3) is 11.2 Å². The molecule has 0 aromatic carbocycles. The number of halogens is 1. The van der Waals surface area contributed by atoms with Crippen LogP contribution in [-0.2, 0) is 5.88 Å². The standard InChI is InChI=1S/C15H20ClN3/c1-2-11-5-7-12(8-6-11)19-14(10-16)18-13-4-3-9-17-15(13)19/h3-4,9,11-12H,2,5-8,10H2,1H3. The van der Waals surface area contributed by atoms with E-state index in [-0.39, 0.29) is 0 Å². The van der Waals surface area contributed by atoms with Crippen LogP contribution < -0.4 is 0 Å². The lowest BCUT2D eigenvalue weighted by Gasteiger charge is -2.29. The number of alkyl halides is 1. The molecule has 0 atom stereocenters. The molecule has 4 heteroatoms. The first-order valence-corrected chi connectivity index (χ1v) is 7.74. The third kappa shape index (κ3) is 2.36. The molecule has 1 aliphatic carbocycles. The molecule has 1 fully saturated rings. The van der Waals surface area contributed by atoms with E-state index in [0.29, 0.717) is 11.9 Å². The molecule has 0 aliphatic heterocycles. The summed E-state index contributed by atoms with van der Waals surface area (Å²) in [6.45, 7) is 2.29. The van der Waals surface area contributed by atoms with Crippen molar-refractivity contribution in [1.29, 1.82) is 0 Å². The Balaban J connectivity index is 1.95. The van der Waals surface area contributed by atoms with E-state index in [2.05, 4.69) is 21.5 Å². The molecule has 3 rings (SSSR count). The summed E-state index contributed by atoms with van der Waals surface area (Å²) in [5, 5.41) is 0. The number of rotatable bonds is 3. The predicted octanol–water partition coefficient (Wildman–Crippen LogP) is 4.31. The monoisotopic (exact) mass is 277 g/mol. The van der Waals surface area contributed by atoms with Crippen molar-refractivity contribution >= 4 is 22.8 Å². The zero-order valence-electron chi connectivity index (χ0n) is 11.3. The second kappa shape index (κ2) is 5.49. The highest BCUT2D eigenvalue weighted by Crippen LogP contribution is 2.36. The van der Waals surface area contributed by atoms with Crippen LogP contribution in [-0.4, -0.2) is 14.5 Å². The Morgan fingerprint density at radius 1 is 1.32 bits per heavy atom. The van der Waals surface area contributed by atoms with E-state index in [1.54, 1.807) is 0 Å². The van der Waals surface area contributed by atoms with Crippen molar-refractivity contribution in [3.8, 4) is 0 Å².